The summed E-state index contributed by atoms with van der Waals surface area (Å²) in [5, 5.41) is 2.45. The largest absolute Gasteiger partial charge is 0.246 e. The average molecular weight is 357 g/mol. The number of nitrogens with zero attached hydrogens (tertiary/aromatic N) is 1. The van der Waals surface area contributed by atoms with E-state index in [1.165, 1.54) is 21.9 Å². The van der Waals surface area contributed by atoms with E-state index < -0.39 is 0 Å². The number of aryl methyl sites for hydroxylation is 2. The smallest absolute Gasteiger partial charge is 0.113 e. The van der Waals surface area contributed by atoms with Crippen molar-refractivity contribution in [1.29, 1.82) is 0 Å². The van der Waals surface area contributed by atoms with Gasteiger partial charge in [0.15, 0.2) is 0 Å². The summed E-state index contributed by atoms with van der Waals surface area (Å²) in [5.41, 5.74) is 6.11. The molecule has 1 nitrogen and oxygen atoms in total. The van der Waals surface area contributed by atoms with E-state index >= 15 is 0 Å². The maximum atomic E-state index is 4.41. The third-order valence-electron chi connectivity index (χ3n) is 4.50. The zero-order valence-electron chi connectivity index (χ0n) is 16.0. The third-order valence-corrected chi connectivity index (χ3v) is 4.50. The molecule has 1 heterocycles. The van der Waals surface area contributed by atoms with Gasteiger partial charge in [-0.25, -0.2) is 4.98 Å². The highest BCUT2D eigenvalue weighted by Gasteiger charge is 1.96. The molecule has 0 radical (unpaired) electrons. The van der Waals surface area contributed by atoms with Gasteiger partial charge in [-0.3, -0.25) is 0 Å². The van der Waals surface area contributed by atoms with Crippen molar-refractivity contribution in [3.63, 3.8) is 0 Å². The van der Waals surface area contributed by atoms with Crippen LogP contribution in [0.4, 0.5) is 0 Å². The fourth-order valence-electron chi connectivity index (χ4n) is 2.90. The van der Waals surface area contributed by atoms with Gasteiger partial charge in [-0.05, 0) is 66.9 Å². The lowest BCUT2D eigenvalue weighted by atomic mass is 10.0. The molecule has 0 aliphatic heterocycles. The minimum absolute atomic E-state index is 0.743. The van der Waals surface area contributed by atoms with Crippen LogP contribution in [0.25, 0.3) is 10.8 Å². The van der Waals surface area contributed by atoms with Crippen molar-refractivity contribution in [1.82, 2.24) is 4.98 Å². The fraction of sp³-hybridized carbons (Fsp3) is 0.0741. The van der Waals surface area contributed by atoms with Gasteiger partial charge in [-0.2, -0.15) is 0 Å². The van der Waals surface area contributed by atoms with E-state index in [0.29, 0.717) is 0 Å². The van der Waals surface area contributed by atoms with Crippen molar-refractivity contribution < 1.29 is 0 Å². The van der Waals surface area contributed by atoms with Crippen molar-refractivity contribution in [3.05, 3.63) is 113 Å². The summed E-state index contributed by atoms with van der Waals surface area (Å²) in [6, 6.07) is 24.8. The highest BCUT2D eigenvalue weighted by Crippen LogP contribution is 2.17. The molecule has 4 aromatic rings. The predicted octanol–water partition coefficient (Wildman–Crippen LogP) is 5.65. The van der Waals surface area contributed by atoms with Crippen molar-refractivity contribution in [2.24, 2.45) is 0 Å². The minimum atomic E-state index is 0.743. The van der Waals surface area contributed by atoms with E-state index in [2.05, 4.69) is 91.0 Å². The monoisotopic (exact) mass is 357 g/mol. The molecule has 0 fully saturated rings. The lowest BCUT2D eigenvalue weighted by Crippen LogP contribution is -1.84. The maximum absolute atomic E-state index is 4.41. The molecule has 3 aromatic carbocycles. The zero-order chi connectivity index (χ0) is 19.3. The lowest BCUT2D eigenvalue weighted by molar-refractivity contribution is 1.27. The van der Waals surface area contributed by atoms with Crippen LogP contribution in [0.5, 0.6) is 0 Å². The van der Waals surface area contributed by atoms with Crippen molar-refractivity contribution in [2.45, 2.75) is 13.8 Å². The van der Waals surface area contributed by atoms with Crippen LogP contribution in [-0.4, -0.2) is 4.98 Å². The molecule has 1 heteroatoms. The number of pyridine rings is 1. The first-order chi connectivity index (χ1) is 13.7. The molecule has 0 aliphatic rings. The Kier molecular flexibility index (Phi) is 4.92. The van der Waals surface area contributed by atoms with E-state index in [9.17, 15) is 0 Å². The number of benzene rings is 3. The standard InChI is InChI=1S/C27H19N/c1-20-3-6-22(7-4-20)11-15-27-16-12-24(19-28-27)9-8-23-10-14-25-17-21(2)5-13-26(25)18-23/h3-7,10,12-14,16-19H,1-2H3. The van der Waals surface area contributed by atoms with E-state index in [-0.39, 0.29) is 0 Å². The second-order valence-corrected chi connectivity index (χ2v) is 6.86. The van der Waals surface area contributed by atoms with Gasteiger partial charge < -0.3 is 0 Å². The van der Waals surface area contributed by atoms with Crippen molar-refractivity contribution >= 4 is 10.8 Å². The van der Waals surface area contributed by atoms with Gasteiger partial charge in [0.25, 0.3) is 0 Å². The van der Waals surface area contributed by atoms with Gasteiger partial charge in [0.2, 0.25) is 0 Å². The highest BCUT2D eigenvalue weighted by atomic mass is 14.7. The predicted molar refractivity (Wildman–Crippen MR) is 116 cm³/mol. The molecule has 0 amide bonds. The molecule has 0 N–H and O–H groups in total. The van der Waals surface area contributed by atoms with Gasteiger partial charge >= 0.3 is 0 Å². The van der Waals surface area contributed by atoms with Crippen LogP contribution in [0.2, 0.25) is 0 Å². The van der Waals surface area contributed by atoms with E-state index in [4.69, 9.17) is 0 Å². The Morgan fingerprint density at radius 3 is 1.93 bits per heavy atom. The van der Waals surface area contributed by atoms with Gasteiger partial charge in [0.05, 0.1) is 0 Å². The average Bonchev–Trinajstić information content (AvgIpc) is 2.72. The summed E-state index contributed by atoms with van der Waals surface area (Å²) in [6.45, 7) is 4.17. The number of hydrogen-bond acceptors (Lipinski definition) is 1. The third kappa shape index (κ3) is 4.29. The number of fused-ring (bicyclic) bond motifs is 1. The summed E-state index contributed by atoms with van der Waals surface area (Å²) < 4.78 is 0. The summed E-state index contributed by atoms with van der Waals surface area (Å²) in [7, 11) is 0. The molecule has 132 valence electrons. The molecule has 0 saturated carbocycles. The Labute approximate surface area is 166 Å². The zero-order valence-corrected chi connectivity index (χ0v) is 16.0. The summed E-state index contributed by atoms with van der Waals surface area (Å²) >= 11 is 0. The van der Waals surface area contributed by atoms with Crippen molar-refractivity contribution in [3.8, 4) is 23.7 Å². The normalized spacial score (nSPS) is 9.93. The molecule has 28 heavy (non-hydrogen) atoms. The van der Waals surface area contributed by atoms with Crippen molar-refractivity contribution in [2.75, 3.05) is 0 Å². The first-order valence-corrected chi connectivity index (χ1v) is 9.23. The second-order valence-electron chi connectivity index (χ2n) is 6.86. The lowest BCUT2D eigenvalue weighted by Gasteiger charge is -2.00. The Balaban J connectivity index is 1.51. The summed E-state index contributed by atoms with van der Waals surface area (Å²) in [6.07, 6.45) is 1.77. The SMILES string of the molecule is Cc1ccc(C#Cc2ccc(C#Cc3ccc4cc(C)ccc4c3)cn2)cc1. The Hall–Kier alpha value is -3.81. The number of aromatic nitrogens is 1. The molecule has 0 atom stereocenters. The van der Waals surface area contributed by atoms with Gasteiger partial charge in [0.1, 0.15) is 5.69 Å². The molecule has 0 aliphatic carbocycles. The van der Waals surface area contributed by atoms with E-state index in [1.807, 2.05) is 24.3 Å². The molecule has 0 unspecified atom stereocenters. The molecular weight excluding hydrogens is 338 g/mol. The molecular formula is C27H19N. The Bertz CT molecular complexity index is 1260. The topological polar surface area (TPSA) is 12.9 Å². The second kappa shape index (κ2) is 7.83. The summed E-state index contributed by atoms with van der Waals surface area (Å²) in [4.78, 5) is 4.41. The Morgan fingerprint density at radius 1 is 0.536 bits per heavy atom. The molecule has 0 saturated heterocycles. The highest BCUT2D eigenvalue weighted by molar-refractivity contribution is 5.84. The van der Waals surface area contributed by atoms with E-state index in [0.717, 1.165) is 22.4 Å². The first kappa shape index (κ1) is 17.6. The molecule has 0 spiro atoms. The minimum Gasteiger partial charge on any atom is -0.246 e. The molecule has 4 rings (SSSR count). The van der Waals surface area contributed by atoms with Crippen LogP contribution < -0.4 is 0 Å². The first-order valence-electron chi connectivity index (χ1n) is 9.23. The Morgan fingerprint density at radius 2 is 1.14 bits per heavy atom. The van der Waals surface area contributed by atoms with E-state index in [1.54, 1.807) is 6.20 Å². The fourth-order valence-corrected chi connectivity index (χ4v) is 2.90. The molecule has 1 aromatic heterocycles. The van der Waals surface area contributed by atoms with Gasteiger partial charge in [-0.1, -0.05) is 65.3 Å². The van der Waals surface area contributed by atoms with Crippen LogP contribution in [0.3, 0.4) is 0 Å². The molecule has 0 bridgehead atoms. The summed E-state index contributed by atoms with van der Waals surface area (Å²) in [5.74, 6) is 12.6. The number of hydrogen-bond donors (Lipinski definition) is 0. The van der Waals surface area contributed by atoms with Gasteiger partial charge in [0, 0.05) is 22.9 Å². The van der Waals surface area contributed by atoms with Crippen LogP contribution in [0.15, 0.2) is 79.0 Å². The quantitative estimate of drug-likeness (QED) is 0.371. The maximum Gasteiger partial charge on any atom is 0.113 e. The van der Waals surface area contributed by atoms with Crippen LogP contribution in [-0.2, 0) is 0 Å². The van der Waals surface area contributed by atoms with Crippen LogP contribution >= 0.6 is 0 Å². The van der Waals surface area contributed by atoms with Crippen LogP contribution in [0, 0.1) is 37.5 Å². The number of rotatable bonds is 0. The van der Waals surface area contributed by atoms with Crippen LogP contribution in [0.1, 0.15) is 33.5 Å². The van der Waals surface area contributed by atoms with Gasteiger partial charge in [-0.15, -0.1) is 0 Å².